The lowest BCUT2D eigenvalue weighted by atomic mass is 10.3. The zero-order chi connectivity index (χ0) is 26.7. The van der Waals surface area contributed by atoms with E-state index in [1.807, 2.05) is 46.9 Å². The predicted molar refractivity (Wildman–Crippen MR) is 156 cm³/mol. The van der Waals surface area contributed by atoms with E-state index in [0.29, 0.717) is 0 Å². The molecule has 0 saturated heterocycles. The summed E-state index contributed by atoms with van der Waals surface area (Å²) in [5.74, 6) is -0.463. The molecule has 0 amide bonds. The highest BCUT2D eigenvalue weighted by Gasteiger charge is 1.89. The summed E-state index contributed by atoms with van der Waals surface area (Å²) < 4.78 is 23.2. The minimum absolute atomic E-state index is 0. The third-order valence-electron chi connectivity index (χ3n) is 2.51. The van der Waals surface area contributed by atoms with Crippen molar-refractivity contribution in [2.24, 2.45) is 0 Å². The lowest BCUT2D eigenvalue weighted by Gasteiger charge is -1.86. The molecular formula is C28H57F2NS. The minimum Gasteiger partial charge on any atom is -0.320 e. The van der Waals surface area contributed by atoms with Crippen molar-refractivity contribution < 1.29 is 8.78 Å². The highest BCUT2D eigenvalue weighted by atomic mass is 32.1. The normalized spacial score (nSPS) is 9.75. The van der Waals surface area contributed by atoms with Gasteiger partial charge in [-0.1, -0.05) is 77.2 Å². The van der Waals surface area contributed by atoms with E-state index in [1.165, 1.54) is 31.4 Å². The Kier molecular flexibility index (Phi) is 103. The Morgan fingerprint density at radius 3 is 1.59 bits per heavy atom. The molecule has 4 heteroatoms. The molecule has 0 fully saturated rings. The van der Waals surface area contributed by atoms with Gasteiger partial charge in [-0.15, -0.1) is 19.4 Å². The summed E-state index contributed by atoms with van der Waals surface area (Å²) in [6, 6.07) is 0. The summed E-state index contributed by atoms with van der Waals surface area (Å²) in [6.07, 6.45) is 19.6. The summed E-state index contributed by atoms with van der Waals surface area (Å²) in [4.78, 5) is 0. The Hall–Kier alpha value is -1.57. The second-order valence-electron chi connectivity index (χ2n) is 5.47. The van der Waals surface area contributed by atoms with Crippen molar-refractivity contribution in [3.05, 3.63) is 60.5 Å². The molecule has 0 saturated carbocycles. The maximum atomic E-state index is 11.6. The van der Waals surface area contributed by atoms with Gasteiger partial charge in [0.1, 0.15) is 6.17 Å². The maximum Gasteiger partial charge on any atom is 0.118 e. The molecule has 0 aromatic carbocycles. The van der Waals surface area contributed by atoms with E-state index >= 15 is 0 Å². The van der Waals surface area contributed by atoms with Crippen LogP contribution in [0, 0.1) is 12.8 Å². The van der Waals surface area contributed by atoms with Crippen LogP contribution in [-0.4, -0.2) is 26.0 Å². The van der Waals surface area contributed by atoms with E-state index in [1.54, 1.807) is 12.3 Å². The largest absolute Gasteiger partial charge is 0.320 e. The molecule has 0 aliphatic heterocycles. The molecule has 194 valence electrons. The van der Waals surface area contributed by atoms with Gasteiger partial charge in [-0.3, -0.25) is 0 Å². The van der Waals surface area contributed by atoms with Gasteiger partial charge in [-0.05, 0) is 73.4 Å². The second-order valence-corrected chi connectivity index (χ2v) is 5.47. The highest BCUT2D eigenvalue weighted by Crippen LogP contribution is 1.98. The molecule has 0 rings (SSSR count). The van der Waals surface area contributed by atoms with Crippen LogP contribution < -0.4 is 5.32 Å². The molecule has 1 N–H and O–H groups in total. The Balaban J connectivity index is -0.0000000371. The molecule has 0 radical (unpaired) electrons. The second kappa shape index (κ2) is 63.0. The number of terminal acetylenes is 1. The summed E-state index contributed by atoms with van der Waals surface area (Å²) in [6.45, 7) is 25.2. The summed E-state index contributed by atoms with van der Waals surface area (Å²) >= 11 is 3.53. The Bertz CT molecular complexity index is 414. The number of thiol groups is 1. The highest BCUT2D eigenvalue weighted by molar-refractivity contribution is 7.79. The van der Waals surface area contributed by atoms with Crippen LogP contribution in [0.4, 0.5) is 8.78 Å². The van der Waals surface area contributed by atoms with E-state index in [4.69, 9.17) is 0 Å². The van der Waals surface area contributed by atoms with Crippen molar-refractivity contribution in [2.75, 3.05) is 19.8 Å². The van der Waals surface area contributed by atoms with Gasteiger partial charge in [-0.25, -0.2) is 8.78 Å². The van der Waals surface area contributed by atoms with Crippen molar-refractivity contribution in [2.45, 2.75) is 88.8 Å². The summed E-state index contributed by atoms with van der Waals surface area (Å²) in [7, 11) is 1.96. The zero-order valence-electron chi connectivity index (χ0n) is 22.4. The van der Waals surface area contributed by atoms with Gasteiger partial charge in [0.2, 0.25) is 0 Å². The fraction of sp³-hybridized carbons (Fsp3) is 0.571. The average Bonchev–Trinajstić information content (AvgIpc) is 2.77. The van der Waals surface area contributed by atoms with Crippen molar-refractivity contribution in [3.63, 3.8) is 0 Å². The van der Waals surface area contributed by atoms with Crippen LogP contribution in [0.25, 0.3) is 0 Å². The number of rotatable bonds is 6. The van der Waals surface area contributed by atoms with Crippen molar-refractivity contribution in [3.8, 4) is 12.8 Å². The molecule has 1 atom stereocenters. The molecule has 1 nitrogen and oxygen atoms in total. The number of halogens is 2. The van der Waals surface area contributed by atoms with Crippen LogP contribution in [0.1, 0.15) is 82.6 Å². The number of nitrogens with one attached hydrogen (secondary N) is 1. The number of alkyl halides is 1. The van der Waals surface area contributed by atoms with Gasteiger partial charge in [-0.2, -0.15) is 12.6 Å². The molecule has 0 aliphatic carbocycles. The van der Waals surface area contributed by atoms with E-state index in [2.05, 4.69) is 70.8 Å². The van der Waals surface area contributed by atoms with Gasteiger partial charge in [0, 0.05) is 0 Å². The SMILES string of the molecule is C.C#C.C/C(F)=C\C(C)F.C=C(C)CC.C=C/C=C\C(C)=C/C.CC.CCCNC.CS. The molecule has 0 aromatic rings. The molecule has 32 heavy (non-hydrogen) atoms. The molecule has 1 unspecified atom stereocenters. The van der Waals surface area contributed by atoms with Crippen molar-refractivity contribution >= 4 is 12.6 Å². The van der Waals surface area contributed by atoms with E-state index in [-0.39, 0.29) is 7.43 Å². The van der Waals surface area contributed by atoms with Gasteiger partial charge < -0.3 is 5.32 Å². The summed E-state index contributed by atoms with van der Waals surface area (Å²) in [5.41, 5.74) is 2.52. The van der Waals surface area contributed by atoms with Crippen molar-refractivity contribution in [1.29, 1.82) is 0 Å². The Morgan fingerprint density at radius 2 is 1.50 bits per heavy atom. The molecule has 0 aromatic heterocycles. The molecule has 0 heterocycles. The maximum absolute atomic E-state index is 11.6. The van der Waals surface area contributed by atoms with E-state index in [9.17, 15) is 8.78 Å². The Morgan fingerprint density at radius 1 is 1.12 bits per heavy atom. The van der Waals surface area contributed by atoms with Gasteiger partial charge >= 0.3 is 0 Å². The standard InChI is InChI=1S/C8H12.C5H8F2.C5H10.C4H11N.C2H6.C2H2.CH4S.CH4/c1-4-6-7-8(3)5-2;1-4(6)3-5(2)7;1-4-5(2)3;1-3-4-5-2;3*1-2;/h4-7H,1H2,2-3H3;3-4H,1-2H3;2,4H2,1,3H3;5H,3-4H2,1-2H3;1-2H3;1-2H;2H,1H3;1H4/b7-6-,8-5-;5-3+;;;;;;. The van der Waals surface area contributed by atoms with Crippen LogP contribution in [0.5, 0.6) is 0 Å². The van der Waals surface area contributed by atoms with Gasteiger partial charge in [0.25, 0.3) is 0 Å². The topological polar surface area (TPSA) is 12.0 Å². The van der Waals surface area contributed by atoms with Crippen LogP contribution in [0.15, 0.2) is 60.5 Å². The number of hydrogen-bond acceptors (Lipinski definition) is 2. The van der Waals surface area contributed by atoms with E-state index < -0.39 is 12.0 Å². The number of allylic oxidation sites excluding steroid dienone is 8. The first-order chi connectivity index (χ1) is 14.6. The Labute approximate surface area is 208 Å². The first-order valence-electron chi connectivity index (χ1n) is 10.6. The minimum atomic E-state index is -1.16. The summed E-state index contributed by atoms with van der Waals surface area (Å²) in [5, 5.41) is 3.02. The van der Waals surface area contributed by atoms with Crippen LogP contribution in [0.3, 0.4) is 0 Å². The molecule has 0 aliphatic rings. The first-order valence-corrected chi connectivity index (χ1v) is 11.5. The molecule has 0 bridgehead atoms. The average molecular weight is 478 g/mol. The number of hydrogen-bond donors (Lipinski definition) is 2. The lowest BCUT2D eigenvalue weighted by molar-refractivity contribution is 0.421. The third kappa shape index (κ3) is 138. The van der Waals surface area contributed by atoms with Crippen LogP contribution in [0.2, 0.25) is 0 Å². The van der Waals surface area contributed by atoms with Crippen molar-refractivity contribution in [1.82, 2.24) is 5.32 Å². The van der Waals surface area contributed by atoms with Crippen LogP contribution in [-0.2, 0) is 0 Å². The predicted octanol–water partition coefficient (Wildman–Crippen LogP) is 9.96. The smallest absolute Gasteiger partial charge is 0.118 e. The first kappa shape index (κ1) is 52.4. The quantitative estimate of drug-likeness (QED) is 0.168. The lowest BCUT2D eigenvalue weighted by Crippen LogP contribution is -2.04. The zero-order valence-corrected chi connectivity index (χ0v) is 23.3. The van der Waals surface area contributed by atoms with Gasteiger partial charge in [0.05, 0.1) is 5.83 Å². The fourth-order valence-corrected chi connectivity index (χ4v) is 0.883. The third-order valence-corrected chi connectivity index (χ3v) is 2.51. The van der Waals surface area contributed by atoms with Gasteiger partial charge in [0.15, 0.2) is 0 Å². The van der Waals surface area contributed by atoms with E-state index in [0.717, 1.165) is 19.0 Å². The molecular weight excluding hydrogens is 420 g/mol. The van der Waals surface area contributed by atoms with Crippen LogP contribution >= 0.6 is 12.6 Å². The monoisotopic (exact) mass is 477 g/mol. The molecule has 0 spiro atoms. The fourth-order valence-electron chi connectivity index (χ4n) is 0.883.